The monoisotopic (exact) mass is 471 g/mol. The van der Waals surface area contributed by atoms with Crippen molar-refractivity contribution in [1.29, 1.82) is 0 Å². The van der Waals surface area contributed by atoms with E-state index in [0.29, 0.717) is 37.3 Å². The number of allylic oxidation sites excluding steroid dienone is 1. The molecule has 182 valence electrons. The minimum Gasteiger partial charge on any atom is -0.478 e. The number of anilines is 1. The summed E-state index contributed by atoms with van der Waals surface area (Å²) in [5.74, 6) is -0.766. The Morgan fingerprint density at radius 1 is 1.15 bits per heavy atom. The van der Waals surface area contributed by atoms with Gasteiger partial charge in [-0.2, -0.15) is 13.2 Å². The zero-order chi connectivity index (χ0) is 25.0. The molecule has 0 unspecified atom stereocenters. The molecule has 0 saturated carbocycles. The van der Waals surface area contributed by atoms with Crippen molar-refractivity contribution >= 4 is 11.7 Å². The van der Waals surface area contributed by atoms with E-state index in [1.807, 2.05) is 19.1 Å². The SMILES string of the molecule is C=CC[C@@H]1/C(=C(\CC)C(=O)O)CCN(c2ccc(C(C)C)cc2)[C@H]1c1ccc(C(F)(F)F)cc1. The number of aliphatic carboxylic acids is 1. The van der Waals surface area contributed by atoms with Crippen molar-refractivity contribution in [1.82, 2.24) is 0 Å². The lowest BCUT2D eigenvalue weighted by atomic mass is 9.76. The predicted octanol–water partition coefficient (Wildman–Crippen LogP) is 7.76. The number of carboxylic acid groups (broad SMARTS) is 1. The number of alkyl halides is 3. The van der Waals surface area contributed by atoms with Crippen LogP contribution in [0.3, 0.4) is 0 Å². The first-order chi connectivity index (χ1) is 16.1. The molecule has 0 spiro atoms. The van der Waals surface area contributed by atoms with Gasteiger partial charge in [-0.15, -0.1) is 6.58 Å². The molecule has 1 aliphatic heterocycles. The topological polar surface area (TPSA) is 40.5 Å². The van der Waals surface area contributed by atoms with Crippen molar-refractivity contribution in [2.75, 3.05) is 11.4 Å². The third-order valence-corrected chi connectivity index (χ3v) is 6.68. The molecule has 0 amide bonds. The summed E-state index contributed by atoms with van der Waals surface area (Å²) in [5, 5.41) is 9.84. The molecular formula is C28H32F3NO2. The molecule has 0 aromatic heterocycles. The minimum absolute atomic E-state index is 0.209. The van der Waals surface area contributed by atoms with Crippen molar-refractivity contribution in [2.24, 2.45) is 5.92 Å². The molecule has 34 heavy (non-hydrogen) atoms. The number of hydrogen-bond acceptors (Lipinski definition) is 2. The maximum absolute atomic E-state index is 13.2. The Labute approximate surface area is 199 Å². The summed E-state index contributed by atoms with van der Waals surface area (Å²) in [4.78, 5) is 14.2. The number of nitrogens with zero attached hydrogens (tertiary/aromatic N) is 1. The van der Waals surface area contributed by atoms with Gasteiger partial charge in [-0.1, -0.05) is 56.7 Å². The molecule has 1 N–H and O–H groups in total. The van der Waals surface area contributed by atoms with Gasteiger partial charge in [0.1, 0.15) is 0 Å². The molecule has 6 heteroatoms. The van der Waals surface area contributed by atoms with Crippen LogP contribution in [-0.4, -0.2) is 17.6 Å². The van der Waals surface area contributed by atoms with Gasteiger partial charge in [0.05, 0.1) is 11.6 Å². The lowest BCUT2D eigenvalue weighted by Crippen LogP contribution is -2.41. The van der Waals surface area contributed by atoms with E-state index in [4.69, 9.17) is 0 Å². The first kappa shape index (κ1) is 25.6. The average molecular weight is 472 g/mol. The molecule has 1 aliphatic rings. The Morgan fingerprint density at radius 2 is 1.76 bits per heavy atom. The Hall–Kier alpha value is -3.02. The standard InChI is InChI=1S/C28H32F3NO2/c1-5-7-25-24(23(6-2)27(33)34)16-17-32(22-14-10-19(11-15-22)18(3)4)26(25)20-8-12-21(13-9-20)28(29,30)31/h5,8-15,18,25-26H,1,6-7,16-17H2,2-4H3,(H,33,34)/b24-23+/t25-,26+/m1/s1. The van der Waals surface area contributed by atoms with Gasteiger partial charge in [-0.05, 0) is 60.6 Å². The van der Waals surface area contributed by atoms with Crippen molar-refractivity contribution in [3.63, 3.8) is 0 Å². The largest absolute Gasteiger partial charge is 0.478 e. The van der Waals surface area contributed by atoms with Gasteiger partial charge in [0.2, 0.25) is 0 Å². The Morgan fingerprint density at radius 3 is 2.24 bits per heavy atom. The number of carbonyl (C=O) groups is 1. The predicted molar refractivity (Wildman–Crippen MR) is 130 cm³/mol. The zero-order valence-corrected chi connectivity index (χ0v) is 19.9. The van der Waals surface area contributed by atoms with Crippen molar-refractivity contribution in [2.45, 2.75) is 58.2 Å². The van der Waals surface area contributed by atoms with Crippen molar-refractivity contribution in [3.05, 3.63) is 89.0 Å². The summed E-state index contributed by atoms with van der Waals surface area (Å²) in [7, 11) is 0. The van der Waals surface area contributed by atoms with Crippen LogP contribution in [0.15, 0.2) is 72.3 Å². The van der Waals surface area contributed by atoms with Gasteiger partial charge < -0.3 is 10.0 Å². The van der Waals surface area contributed by atoms with Crippen molar-refractivity contribution in [3.8, 4) is 0 Å². The number of carboxylic acids is 1. The molecule has 3 rings (SSSR count). The van der Waals surface area contributed by atoms with Gasteiger partial charge >= 0.3 is 12.1 Å². The normalized spacial score (nSPS) is 20.4. The van der Waals surface area contributed by atoms with Gasteiger partial charge in [-0.3, -0.25) is 0 Å². The first-order valence-electron chi connectivity index (χ1n) is 11.7. The van der Waals surface area contributed by atoms with Crippen molar-refractivity contribution < 1.29 is 23.1 Å². The molecule has 1 heterocycles. The molecule has 2 aromatic rings. The molecule has 0 bridgehead atoms. The van der Waals surface area contributed by atoms with E-state index in [1.165, 1.54) is 17.7 Å². The summed E-state index contributed by atoms with van der Waals surface area (Å²) < 4.78 is 39.6. The summed E-state index contributed by atoms with van der Waals surface area (Å²) in [6, 6.07) is 13.2. The quantitative estimate of drug-likeness (QED) is 0.331. The van der Waals surface area contributed by atoms with E-state index >= 15 is 0 Å². The summed E-state index contributed by atoms with van der Waals surface area (Å²) in [6.45, 7) is 10.5. The van der Waals surface area contributed by atoms with Gasteiger partial charge in [0, 0.05) is 23.7 Å². The summed E-state index contributed by atoms with van der Waals surface area (Å²) in [5.41, 5.74) is 3.44. The molecule has 2 atom stereocenters. The van der Waals surface area contributed by atoms with E-state index in [0.717, 1.165) is 29.0 Å². The maximum atomic E-state index is 13.2. The maximum Gasteiger partial charge on any atom is 0.416 e. The second kappa shape index (κ2) is 10.5. The Balaban J connectivity index is 2.15. The molecule has 0 radical (unpaired) electrons. The molecule has 0 aliphatic carbocycles. The van der Waals surface area contributed by atoms with Crippen LogP contribution >= 0.6 is 0 Å². The second-order valence-corrected chi connectivity index (χ2v) is 9.05. The highest BCUT2D eigenvalue weighted by Gasteiger charge is 2.38. The summed E-state index contributed by atoms with van der Waals surface area (Å²) in [6.07, 6.45) is -1.15. The van der Waals surface area contributed by atoms with Crippen LogP contribution in [0.25, 0.3) is 0 Å². The number of rotatable bonds is 7. The van der Waals surface area contributed by atoms with E-state index in [2.05, 4.69) is 37.5 Å². The van der Waals surface area contributed by atoms with Crippen LogP contribution in [0.1, 0.15) is 68.7 Å². The number of halogens is 3. The fraction of sp³-hybridized carbons (Fsp3) is 0.393. The fourth-order valence-electron chi connectivity index (χ4n) is 4.94. The molecule has 3 nitrogen and oxygen atoms in total. The first-order valence-corrected chi connectivity index (χ1v) is 11.7. The Kier molecular flexibility index (Phi) is 7.90. The molecule has 1 saturated heterocycles. The minimum atomic E-state index is -4.41. The van der Waals surface area contributed by atoms with E-state index in [-0.39, 0.29) is 12.0 Å². The highest BCUT2D eigenvalue weighted by molar-refractivity contribution is 5.87. The number of hydrogen-bond donors (Lipinski definition) is 1. The van der Waals surface area contributed by atoms with E-state index in [9.17, 15) is 23.1 Å². The van der Waals surface area contributed by atoms with Crippen LogP contribution in [0, 0.1) is 5.92 Å². The third-order valence-electron chi connectivity index (χ3n) is 6.68. The van der Waals surface area contributed by atoms with Crippen LogP contribution in [0.5, 0.6) is 0 Å². The highest BCUT2D eigenvalue weighted by atomic mass is 19.4. The third kappa shape index (κ3) is 5.37. The van der Waals surface area contributed by atoms with Crippen LogP contribution in [-0.2, 0) is 11.0 Å². The fourth-order valence-corrected chi connectivity index (χ4v) is 4.94. The van der Waals surface area contributed by atoms with Gasteiger partial charge in [0.25, 0.3) is 0 Å². The second-order valence-electron chi connectivity index (χ2n) is 9.05. The Bertz CT molecular complexity index is 1040. The molecule has 2 aromatic carbocycles. The smallest absolute Gasteiger partial charge is 0.416 e. The van der Waals surface area contributed by atoms with Crippen LogP contribution in [0.2, 0.25) is 0 Å². The molecule has 1 fully saturated rings. The summed E-state index contributed by atoms with van der Waals surface area (Å²) >= 11 is 0. The molecular weight excluding hydrogens is 439 g/mol. The lowest BCUT2D eigenvalue weighted by Gasteiger charge is -2.45. The van der Waals surface area contributed by atoms with Gasteiger partial charge in [-0.25, -0.2) is 4.79 Å². The average Bonchev–Trinajstić information content (AvgIpc) is 2.79. The van der Waals surface area contributed by atoms with Crippen LogP contribution < -0.4 is 4.90 Å². The van der Waals surface area contributed by atoms with Crippen LogP contribution in [0.4, 0.5) is 18.9 Å². The lowest BCUT2D eigenvalue weighted by molar-refractivity contribution is -0.137. The van der Waals surface area contributed by atoms with E-state index < -0.39 is 17.7 Å². The highest BCUT2D eigenvalue weighted by Crippen LogP contribution is 2.45. The number of piperidine rings is 1. The van der Waals surface area contributed by atoms with E-state index in [1.54, 1.807) is 6.08 Å². The van der Waals surface area contributed by atoms with Gasteiger partial charge in [0.15, 0.2) is 0 Å². The zero-order valence-electron chi connectivity index (χ0n) is 19.9. The number of benzene rings is 2.